The third-order valence-corrected chi connectivity index (χ3v) is 10.5. The summed E-state index contributed by atoms with van der Waals surface area (Å²) in [5, 5.41) is 1.05. The molecule has 3 aromatic carbocycles. The topological polar surface area (TPSA) is 84.3 Å². The molecule has 1 amide bonds. The Morgan fingerprint density at radius 2 is 1.70 bits per heavy atom. The van der Waals surface area contributed by atoms with Crippen molar-refractivity contribution in [3.8, 4) is 11.3 Å². The number of halogens is 2. The number of nitrogens with one attached hydrogen (secondary N) is 1. The van der Waals surface area contributed by atoms with Crippen molar-refractivity contribution in [2.45, 2.75) is 33.2 Å². The number of rotatable bonds is 7. The van der Waals surface area contributed by atoms with Crippen LogP contribution in [0, 0.1) is 10.8 Å². The smallest absolute Gasteiger partial charge is 0.326 e. The van der Waals surface area contributed by atoms with Gasteiger partial charge in [-0.25, -0.2) is 14.0 Å². The number of aromatic nitrogens is 2. The molecule has 46 heavy (non-hydrogen) atoms. The van der Waals surface area contributed by atoms with Crippen LogP contribution >= 0.6 is 23.2 Å². The van der Waals surface area contributed by atoms with Gasteiger partial charge in [0.05, 0.1) is 16.4 Å². The van der Waals surface area contributed by atoms with Crippen molar-refractivity contribution < 1.29 is 13.2 Å². The Hall–Kier alpha value is -4.11. The van der Waals surface area contributed by atoms with Gasteiger partial charge >= 0.3 is 10.2 Å². The Kier molecular flexibility index (Phi) is 8.48. The van der Waals surface area contributed by atoms with Crippen LogP contribution in [-0.4, -0.2) is 30.4 Å². The third kappa shape index (κ3) is 6.43. The van der Waals surface area contributed by atoms with Gasteiger partial charge in [0.15, 0.2) is 0 Å². The number of amides is 1. The molecule has 0 atom stereocenters. The molecule has 7 nitrogen and oxygen atoms in total. The molecule has 236 valence electrons. The van der Waals surface area contributed by atoms with E-state index in [-0.39, 0.29) is 23.3 Å². The van der Waals surface area contributed by atoms with Gasteiger partial charge in [-0.3, -0.25) is 4.79 Å². The molecule has 6 rings (SSSR count). The Bertz CT molecular complexity index is 1960. The maximum atomic E-state index is 12.3. The summed E-state index contributed by atoms with van der Waals surface area (Å²) in [6, 6.07) is 22.9. The number of allylic oxidation sites excluding steroid dienone is 5. The van der Waals surface area contributed by atoms with Gasteiger partial charge in [-0.15, -0.1) is 0 Å². The normalized spacial score (nSPS) is 20.8. The second kappa shape index (κ2) is 12.2. The first-order valence-corrected chi connectivity index (χ1v) is 17.1. The number of anilines is 1. The van der Waals surface area contributed by atoms with Gasteiger partial charge in [0, 0.05) is 34.7 Å². The van der Waals surface area contributed by atoms with E-state index in [1.54, 1.807) is 24.3 Å². The molecule has 2 heterocycles. The fraction of sp³-hybridized carbons (Fsp3) is 0.222. The number of nitrogens with zero attached hydrogens (tertiary/aromatic N) is 3. The van der Waals surface area contributed by atoms with E-state index in [4.69, 9.17) is 28.2 Å². The van der Waals surface area contributed by atoms with E-state index in [0.29, 0.717) is 28.0 Å². The first-order chi connectivity index (χ1) is 21.8. The van der Waals surface area contributed by atoms with Crippen LogP contribution in [0.1, 0.15) is 43.6 Å². The Morgan fingerprint density at radius 1 is 1.00 bits per heavy atom. The minimum absolute atomic E-state index is 0.125. The summed E-state index contributed by atoms with van der Waals surface area (Å²) in [5.41, 5.74) is 3.57. The lowest BCUT2D eigenvalue weighted by Gasteiger charge is -2.40. The predicted molar refractivity (Wildman–Crippen MR) is 186 cm³/mol. The highest BCUT2D eigenvalue weighted by atomic mass is 35.5. The van der Waals surface area contributed by atoms with Crippen LogP contribution in [0.4, 0.5) is 5.69 Å². The molecule has 2 aliphatic rings. The summed E-state index contributed by atoms with van der Waals surface area (Å²) in [6.45, 7) is 6.91. The predicted octanol–water partition coefficient (Wildman–Crippen LogP) is 8.04. The average Bonchev–Trinajstić information content (AvgIpc) is 3.54. The molecule has 10 heteroatoms. The third-order valence-electron chi connectivity index (χ3n) is 8.56. The molecule has 1 fully saturated rings. The SMILES string of the molecule is CC(C)(C)C1(/C=C/c2nc(-c3ccc(Cl)cc3Cl)cn2Cc2ccc(N3CC(=O)NS3(=O)=O)cc2)C=CC(c2ccccc2)C=C1. The van der Waals surface area contributed by atoms with Crippen molar-refractivity contribution in [1.29, 1.82) is 0 Å². The first-order valence-electron chi connectivity index (χ1n) is 14.9. The lowest BCUT2D eigenvalue weighted by Crippen LogP contribution is -2.31. The van der Waals surface area contributed by atoms with E-state index in [9.17, 15) is 13.2 Å². The molecule has 0 unspecified atom stereocenters. The number of carbonyl (C=O) groups is 1. The standard InChI is InChI=1S/C36H34Cl2N4O3S/c1-35(2,3)36(18-15-27(16-19-36)26-7-5-4-6-8-26)20-17-33-39-32(30-14-11-28(37)21-31(30)38)23-41(33)22-25-9-12-29(13-10-25)42-24-34(43)40-46(42,44)45/h4-21,23,27H,22,24H2,1-3H3,(H,40,43)/b20-17+. The largest absolute Gasteiger partial charge is 0.326 e. The van der Waals surface area contributed by atoms with E-state index in [1.165, 1.54) is 5.56 Å². The van der Waals surface area contributed by atoms with Crippen molar-refractivity contribution in [3.05, 3.63) is 136 Å². The van der Waals surface area contributed by atoms with Crippen LogP contribution in [0.5, 0.6) is 0 Å². The second-order valence-electron chi connectivity index (χ2n) is 12.6. The van der Waals surface area contributed by atoms with E-state index in [2.05, 4.69) is 81.5 Å². The lowest BCUT2D eigenvalue weighted by molar-refractivity contribution is -0.117. The maximum absolute atomic E-state index is 12.3. The molecule has 1 N–H and O–H groups in total. The molecule has 1 aromatic heterocycles. The van der Waals surface area contributed by atoms with Crippen molar-refractivity contribution >= 4 is 51.1 Å². The monoisotopic (exact) mass is 672 g/mol. The number of hydrogen-bond donors (Lipinski definition) is 1. The molecule has 4 aromatic rings. The summed E-state index contributed by atoms with van der Waals surface area (Å²) < 4.78 is 29.7. The summed E-state index contributed by atoms with van der Waals surface area (Å²) in [6.07, 6.45) is 15.3. The van der Waals surface area contributed by atoms with Gasteiger partial charge < -0.3 is 4.57 Å². The summed E-state index contributed by atoms with van der Waals surface area (Å²) in [7, 11) is -3.88. The van der Waals surface area contributed by atoms with Gasteiger partial charge in [-0.2, -0.15) is 8.42 Å². The molecule has 0 saturated carbocycles. The number of carbonyl (C=O) groups excluding carboxylic acids is 1. The van der Waals surface area contributed by atoms with Crippen molar-refractivity contribution in [1.82, 2.24) is 14.3 Å². The van der Waals surface area contributed by atoms with E-state index in [1.807, 2.05) is 39.8 Å². The van der Waals surface area contributed by atoms with Crippen LogP contribution in [0.25, 0.3) is 17.3 Å². The molecule has 0 spiro atoms. The van der Waals surface area contributed by atoms with Crippen molar-refractivity contribution in [3.63, 3.8) is 0 Å². The molecule has 1 aliphatic carbocycles. The minimum Gasteiger partial charge on any atom is -0.326 e. The average molecular weight is 674 g/mol. The molecular weight excluding hydrogens is 639 g/mol. The highest BCUT2D eigenvalue weighted by Crippen LogP contribution is 2.46. The van der Waals surface area contributed by atoms with Crippen LogP contribution in [-0.2, 0) is 21.5 Å². The molecule has 1 aliphatic heterocycles. The summed E-state index contributed by atoms with van der Waals surface area (Å²) in [5.74, 6) is 0.384. The molecule has 1 saturated heterocycles. The molecular formula is C36H34Cl2N4O3S. The Morgan fingerprint density at radius 3 is 2.30 bits per heavy atom. The van der Waals surface area contributed by atoms with Crippen molar-refractivity contribution in [2.24, 2.45) is 10.8 Å². The Balaban J connectivity index is 1.34. The van der Waals surface area contributed by atoms with Crippen molar-refractivity contribution in [2.75, 3.05) is 10.8 Å². The maximum Gasteiger partial charge on any atom is 0.326 e. The highest BCUT2D eigenvalue weighted by Gasteiger charge is 2.37. The lowest BCUT2D eigenvalue weighted by atomic mass is 9.63. The zero-order valence-electron chi connectivity index (χ0n) is 25.7. The van der Waals surface area contributed by atoms with E-state index in [0.717, 1.165) is 21.3 Å². The Labute approximate surface area is 280 Å². The fourth-order valence-corrected chi connectivity index (χ4v) is 7.43. The second-order valence-corrected chi connectivity index (χ2v) is 15.0. The van der Waals surface area contributed by atoms with Crippen LogP contribution in [0.2, 0.25) is 10.0 Å². The quantitative estimate of drug-likeness (QED) is 0.201. The van der Waals surface area contributed by atoms with Gasteiger partial charge in [0.1, 0.15) is 12.4 Å². The fourth-order valence-electron chi connectivity index (χ4n) is 5.77. The van der Waals surface area contributed by atoms with Gasteiger partial charge in [0.2, 0.25) is 0 Å². The van der Waals surface area contributed by atoms with Crippen LogP contribution in [0.15, 0.2) is 109 Å². The first kappa shape index (κ1) is 31.9. The van der Waals surface area contributed by atoms with Gasteiger partial charge in [-0.05, 0) is 52.9 Å². The number of imidazole rings is 1. The minimum atomic E-state index is -3.88. The zero-order valence-corrected chi connectivity index (χ0v) is 28.0. The van der Waals surface area contributed by atoms with E-state index < -0.39 is 16.1 Å². The summed E-state index contributed by atoms with van der Waals surface area (Å²) in [4.78, 5) is 16.7. The van der Waals surface area contributed by atoms with Gasteiger partial charge in [0.25, 0.3) is 5.91 Å². The number of hydrogen-bond acceptors (Lipinski definition) is 4. The number of benzene rings is 3. The van der Waals surface area contributed by atoms with Crippen LogP contribution in [0.3, 0.4) is 0 Å². The zero-order chi connectivity index (χ0) is 32.7. The summed E-state index contributed by atoms with van der Waals surface area (Å²) >= 11 is 12.8. The highest BCUT2D eigenvalue weighted by molar-refractivity contribution is 7.92. The van der Waals surface area contributed by atoms with Gasteiger partial charge in [-0.1, -0.05) is 117 Å². The van der Waals surface area contributed by atoms with Crippen LogP contribution < -0.4 is 9.03 Å². The molecule has 0 radical (unpaired) electrons. The van der Waals surface area contributed by atoms with E-state index >= 15 is 0 Å². The molecule has 0 bridgehead atoms.